The smallest absolute Gasteiger partial charge is 0.331 e. The van der Waals surface area contributed by atoms with E-state index in [9.17, 15) is 9.59 Å². The zero-order valence-electron chi connectivity index (χ0n) is 16.4. The van der Waals surface area contributed by atoms with Gasteiger partial charge in [0.1, 0.15) is 13.2 Å². The number of ether oxygens (including phenoxy) is 2. The SMILES string of the molecule is O=C(C=Cc1ccc(C=CC(=O)OCc2ccccc2)cc1)OCc1ccccc1. The zero-order valence-corrected chi connectivity index (χ0v) is 16.4. The predicted octanol–water partition coefficient (Wildman–Crippen LogP) is 5.20. The predicted molar refractivity (Wildman–Crippen MR) is 117 cm³/mol. The highest BCUT2D eigenvalue weighted by Crippen LogP contribution is 2.09. The second-order valence-electron chi connectivity index (χ2n) is 6.52. The second kappa shape index (κ2) is 11.2. The van der Waals surface area contributed by atoms with Crippen LogP contribution in [0.15, 0.2) is 97.1 Å². The maximum atomic E-state index is 11.8. The van der Waals surface area contributed by atoms with Gasteiger partial charge in [0, 0.05) is 12.2 Å². The Morgan fingerprint density at radius 1 is 0.567 bits per heavy atom. The Morgan fingerprint density at radius 3 is 1.30 bits per heavy atom. The summed E-state index contributed by atoms with van der Waals surface area (Å²) in [6.45, 7) is 0.488. The van der Waals surface area contributed by atoms with Gasteiger partial charge in [-0.2, -0.15) is 0 Å². The summed E-state index contributed by atoms with van der Waals surface area (Å²) in [6, 6.07) is 26.5. The molecule has 0 saturated heterocycles. The van der Waals surface area contributed by atoms with Gasteiger partial charge in [0.05, 0.1) is 0 Å². The number of benzene rings is 3. The number of hydrogen-bond donors (Lipinski definition) is 0. The summed E-state index contributed by atoms with van der Waals surface area (Å²) >= 11 is 0. The van der Waals surface area contributed by atoms with Crippen molar-refractivity contribution in [3.8, 4) is 0 Å². The Kier molecular flexibility index (Phi) is 7.75. The zero-order chi connectivity index (χ0) is 21.0. The third-order valence-electron chi connectivity index (χ3n) is 4.21. The van der Waals surface area contributed by atoms with Crippen LogP contribution in [0.1, 0.15) is 22.3 Å². The van der Waals surface area contributed by atoms with Crippen molar-refractivity contribution in [2.45, 2.75) is 13.2 Å². The van der Waals surface area contributed by atoms with Crippen LogP contribution in [-0.4, -0.2) is 11.9 Å². The number of carbonyl (C=O) groups is 2. The first-order valence-corrected chi connectivity index (χ1v) is 9.57. The topological polar surface area (TPSA) is 52.6 Å². The monoisotopic (exact) mass is 398 g/mol. The van der Waals surface area contributed by atoms with Gasteiger partial charge in [0.25, 0.3) is 0 Å². The Bertz CT molecular complexity index is 919. The van der Waals surface area contributed by atoms with Crippen LogP contribution in [-0.2, 0) is 32.3 Å². The number of rotatable bonds is 8. The van der Waals surface area contributed by atoms with E-state index in [1.165, 1.54) is 12.2 Å². The molecular formula is C26H22O4. The van der Waals surface area contributed by atoms with Crippen LogP contribution < -0.4 is 0 Å². The van der Waals surface area contributed by atoms with Gasteiger partial charge in [-0.15, -0.1) is 0 Å². The van der Waals surface area contributed by atoms with Gasteiger partial charge in [-0.1, -0.05) is 84.9 Å². The fourth-order valence-corrected chi connectivity index (χ4v) is 2.60. The van der Waals surface area contributed by atoms with Gasteiger partial charge in [0.15, 0.2) is 0 Å². The summed E-state index contributed by atoms with van der Waals surface area (Å²) in [5, 5.41) is 0. The van der Waals surface area contributed by atoms with E-state index < -0.39 is 11.9 Å². The largest absolute Gasteiger partial charge is 0.458 e. The summed E-state index contributed by atoms with van der Waals surface area (Å²) < 4.78 is 10.4. The van der Waals surface area contributed by atoms with Gasteiger partial charge in [-0.05, 0) is 34.4 Å². The molecule has 0 atom stereocenters. The molecule has 0 spiro atoms. The van der Waals surface area contributed by atoms with Crippen molar-refractivity contribution in [2.75, 3.05) is 0 Å². The maximum absolute atomic E-state index is 11.8. The summed E-state index contributed by atoms with van der Waals surface area (Å²) in [5.74, 6) is -0.798. The molecule has 4 heteroatoms. The molecule has 0 fully saturated rings. The summed E-state index contributed by atoms with van der Waals surface area (Å²) in [4.78, 5) is 23.7. The van der Waals surface area contributed by atoms with E-state index in [2.05, 4.69) is 0 Å². The van der Waals surface area contributed by atoms with Gasteiger partial charge >= 0.3 is 11.9 Å². The molecule has 0 radical (unpaired) electrons. The lowest BCUT2D eigenvalue weighted by molar-refractivity contribution is -0.139. The van der Waals surface area contributed by atoms with Crippen molar-refractivity contribution < 1.29 is 19.1 Å². The number of carbonyl (C=O) groups excluding carboxylic acids is 2. The quantitative estimate of drug-likeness (QED) is 0.387. The van der Waals surface area contributed by atoms with Crippen LogP contribution in [0.25, 0.3) is 12.2 Å². The molecule has 30 heavy (non-hydrogen) atoms. The Hall–Kier alpha value is -3.92. The minimum absolute atomic E-state index is 0.244. The normalized spacial score (nSPS) is 10.9. The fourth-order valence-electron chi connectivity index (χ4n) is 2.60. The first-order valence-electron chi connectivity index (χ1n) is 9.57. The van der Waals surface area contributed by atoms with Gasteiger partial charge in [-0.3, -0.25) is 0 Å². The molecule has 150 valence electrons. The van der Waals surface area contributed by atoms with E-state index in [-0.39, 0.29) is 13.2 Å². The van der Waals surface area contributed by atoms with Crippen molar-refractivity contribution in [1.29, 1.82) is 0 Å². The van der Waals surface area contributed by atoms with E-state index >= 15 is 0 Å². The van der Waals surface area contributed by atoms with E-state index in [4.69, 9.17) is 9.47 Å². The molecule has 0 aliphatic carbocycles. The first kappa shape index (κ1) is 20.8. The second-order valence-corrected chi connectivity index (χ2v) is 6.52. The lowest BCUT2D eigenvalue weighted by Crippen LogP contribution is -2.00. The molecule has 0 amide bonds. The van der Waals surface area contributed by atoms with Crippen molar-refractivity contribution in [2.24, 2.45) is 0 Å². The first-order chi connectivity index (χ1) is 14.7. The summed E-state index contributed by atoms with van der Waals surface area (Å²) in [5.41, 5.74) is 3.60. The van der Waals surface area contributed by atoms with E-state index in [0.717, 1.165) is 22.3 Å². The van der Waals surface area contributed by atoms with Crippen LogP contribution in [0.4, 0.5) is 0 Å². The minimum atomic E-state index is -0.399. The Morgan fingerprint density at radius 2 is 0.933 bits per heavy atom. The highest BCUT2D eigenvalue weighted by atomic mass is 16.5. The summed E-state index contributed by atoms with van der Waals surface area (Å²) in [6.07, 6.45) is 6.17. The van der Waals surface area contributed by atoms with Gasteiger partial charge in [-0.25, -0.2) is 9.59 Å². The average molecular weight is 398 g/mol. The fraction of sp³-hybridized carbons (Fsp3) is 0.0769. The molecule has 0 saturated carbocycles. The molecule has 0 aromatic heterocycles. The van der Waals surface area contributed by atoms with E-state index in [1.54, 1.807) is 12.2 Å². The number of hydrogen-bond acceptors (Lipinski definition) is 4. The lowest BCUT2D eigenvalue weighted by Gasteiger charge is -2.02. The van der Waals surface area contributed by atoms with Crippen LogP contribution >= 0.6 is 0 Å². The van der Waals surface area contributed by atoms with Crippen LogP contribution in [0.2, 0.25) is 0 Å². The van der Waals surface area contributed by atoms with Crippen LogP contribution in [0.5, 0.6) is 0 Å². The Labute approximate surface area is 176 Å². The summed E-state index contributed by atoms with van der Waals surface area (Å²) in [7, 11) is 0. The minimum Gasteiger partial charge on any atom is -0.458 e. The molecule has 4 nitrogen and oxygen atoms in total. The Balaban J connectivity index is 1.44. The molecular weight excluding hydrogens is 376 g/mol. The molecule has 0 bridgehead atoms. The standard InChI is InChI=1S/C26H22O4/c27-25(29-19-23-7-3-1-4-8-23)17-15-21-11-13-22(14-12-21)16-18-26(28)30-20-24-9-5-2-6-10-24/h1-18H,19-20H2. The lowest BCUT2D eigenvalue weighted by atomic mass is 10.1. The highest BCUT2D eigenvalue weighted by Gasteiger charge is 2.00. The van der Waals surface area contributed by atoms with Crippen molar-refractivity contribution in [1.82, 2.24) is 0 Å². The molecule has 0 N–H and O–H groups in total. The highest BCUT2D eigenvalue weighted by molar-refractivity contribution is 5.88. The third kappa shape index (κ3) is 7.24. The molecule has 3 aromatic rings. The van der Waals surface area contributed by atoms with Crippen LogP contribution in [0, 0.1) is 0 Å². The van der Waals surface area contributed by atoms with Gasteiger partial charge in [0.2, 0.25) is 0 Å². The van der Waals surface area contributed by atoms with E-state index in [0.29, 0.717) is 0 Å². The molecule has 0 heterocycles. The number of esters is 2. The maximum Gasteiger partial charge on any atom is 0.331 e. The molecule has 0 aliphatic heterocycles. The van der Waals surface area contributed by atoms with Crippen LogP contribution in [0.3, 0.4) is 0 Å². The van der Waals surface area contributed by atoms with Crippen molar-refractivity contribution in [3.63, 3.8) is 0 Å². The van der Waals surface area contributed by atoms with Gasteiger partial charge < -0.3 is 9.47 Å². The molecule has 3 rings (SSSR count). The van der Waals surface area contributed by atoms with Crippen molar-refractivity contribution in [3.05, 3.63) is 119 Å². The molecule has 3 aromatic carbocycles. The van der Waals surface area contributed by atoms with Crippen molar-refractivity contribution >= 4 is 24.1 Å². The average Bonchev–Trinajstić information content (AvgIpc) is 2.80. The van der Waals surface area contributed by atoms with E-state index in [1.807, 2.05) is 84.9 Å². The third-order valence-corrected chi connectivity index (χ3v) is 4.21. The molecule has 0 aliphatic rings. The molecule has 0 unspecified atom stereocenters.